The van der Waals surface area contributed by atoms with Crippen molar-refractivity contribution >= 4 is 10.9 Å². The average molecular weight is 265 g/mol. The Morgan fingerprint density at radius 2 is 2.00 bits per heavy atom. The predicted octanol–water partition coefficient (Wildman–Crippen LogP) is 2.34. The molecule has 0 aliphatic rings. The third kappa shape index (κ3) is 1.77. The SMILES string of the molecule is CCc1c(-c2cccnc2)c2ccccc2n(N)c1=O. The zero-order valence-corrected chi connectivity index (χ0v) is 11.2. The second-order valence-corrected chi connectivity index (χ2v) is 4.64. The number of para-hydroxylation sites is 1. The lowest BCUT2D eigenvalue weighted by molar-refractivity contribution is 0.942. The normalized spacial score (nSPS) is 10.8. The van der Waals surface area contributed by atoms with Crippen LogP contribution >= 0.6 is 0 Å². The zero-order chi connectivity index (χ0) is 14.1. The molecule has 100 valence electrons. The number of nitrogens with two attached hydrogens (primary N) is 1. The van der Waals surface area contributed by atoms with E-state index in [1.54, 1.807) is 12.4 Å². The minimum Gasteiger partial charge on any atom is -0.336 e. The zero-order valence-electron chi connectivity index (χ0n) is 11.2. The molecule has 2 aromatic heterocycles. The van der Waals surface area contributed by atoms with E-state index >= 15 is 0 Å². The summed E-state index contributed by atoms with van der Waals surface area (Å²) in [5, 5.41) is 0.972. The van der Waals surface area contributed by atoms with Crippen molar-refractivity contribution in [2.75, 3.05) is 5.84 Å². The van der Waals surface area contributed by atoms with Crippen LogP contribution in [0.25, 0.3) is 22.0 Å². The summed E-state index contributed by atoms with van der Waals surface area (Å²) in [5.74, 6) is 5.93. The first-order valence-corrected chi connectivity index (χ1v) is 6.56. The highest BCUT2D eigenvalue weighted by atomic mass is 16.1. The van der Waals surface area contributed by atoms with Gasteiger partial charge in [-0.1, -0.05) is 31.2 Å². The highest BCUT2D eigenvalue weighted by Gasteiger charge is 2.15. The van der Waals surface area contributed by atoms with E-state index in [1.165, 1.54) is 4.68 Å². The fourth-order valence-electron chi connectivity index (χ4n) is 2.59. The largest absolute Gasteiger partial charge is 0.336 e. The Morgan fingerprint density at radius 1 is 1.20 bits per heavy atom. The van der Waals surface area contributed by atoms with E-state index in [0.29, 0.717) is 6.42 Å². The Balaban J connectivity index is 2.52. The first-order chi connectivity index (χ1) is 9.74. The molecule has 2 N–H and O–H groups in total. The van der Waals surface area contributed by atoms with Crippen LogP contribution < -0.4 is 11.4 Å². The van der Waals surface area contributed by atoms with Gasteiger partial charge in [0.2, 0.25) is 0 Å². The summed E-state index contributed by atoms with van der Waals surface area (Å²) < 4.78 is 1.23. The topological polar surface area (TPSA) is 60.9 Å². The van der Waals surface area contributed by atoms with Crippen LogP contribution in [0.15, 0.2) is 53.6 Å². The first kappa shape index (κ1) is 12.4. The standard InChI is InChI=1S/C16H15N3O/c1-2-12-15(11-6-5-9-18-10-11)13-7-3-4-8-14(13)19(17)16(12)20/h3-10H,2,17H2,1H3. The summed E-state index contributed by atoms with van der Waals surface area (Å²) in [4.78, 5) is 16.6. The van der Waals surface area contributed by atoms with E-state index < -0.39 is 0 Å². The summed E-state index contributed by atoms with van der Waals surface area (Å²) in [6, 6.07) is 11.5. The molecule has 3 aromatic rings. The maximum Gasteiger partial charge on any atom is 0.273 e. The summed E-state index contributed by atoms with van der Waals surface area (Å²) in [7, 11) is 0. The predicted molar refractivity (Wildman–Crippen MR) is 81.0 cm³/mol. The van der Waals surface area contributed by atoms with E-state index in [1.807, 2.05) is 43.3 Å². The molecule has 0 aliphatic carbocycles. The molecule has 0 unspecified atom stereocenters. The second kappa shape index (κ2) is 4.81. The number of pyridine rings is 2. The highest BCUT2D eigenvalue weighted by molar-refractivity contribution is 5.96. The van der Waals surface area contributed by atoms with Gasteiger partial charge in [0.05, 0.1) is 5.52 Å². The molecule has 2 heterocycles. The molecule has 4 heteroatoms. The fraction of sp³-hybridized carbons (Fsp3) is 0.125. The molecule has 0 bridgehead atoms. The molecule has 0 spiro atoms. The second-order valence-electron chi connectivity index (χ2n) is 4.64. The Hall–Kier alpha value is -2.62. The summed E-state index contributed by atoms with van der Waals surface area (Å²) >= 11 is 0. The Labute approximate surface area is 116 Å². The lowest BCUT2D eigenvalue weighted by Crippen LogP contribution is -2.30. The van der Waals surface area contributed by atoms with Gasteiger partial charge in [0.1, 0.15) is 0 Å². The van der Waals surface area contributed by atoms with Crippen molar-refractivity contribution in [2.24, 2.45) is 0 Å². The number of benzene rings is 1. The minimum absolute atomic E-state index is 0.148. The quantitative estimate of drug-likeness (QED) is 0.723. The van der Waals surface area contributed by atoms with E-state index in [4.69, 9.17) is 5.84 Å². The van der Waals surface area contributed by atoms with Crippen molar-refractivity contribution in [2.45, 2.75) is 13.3 Å². The van der Waals surface area contributed by atoms with Crippen molar-refractivity contribution in [3.8, 4) is 11.1 Å². The van der Waals surface area contributed by atoms with Gasteiger partial charge in [-0.2, -0.15) is 0 Å². The molecule has 0 radical (unpaired) electrons. The van der Waals surface area contributed by atoms with Crippen LogP contribution in [0.3, 0.4) is 0 Å². The lowest BCUT2D eigenvalue weighted by Gasteiger charge is -2.14. The van der Waals surface area contributed by atoms with Crippen LogP contribution in [-0.2, 0) is 6.42 Å². The van der Waals surface area contributed by atoms with Crippen LogP contribution in [0.4, 0.5) is 0 Å². The summed E-state index contributed by atoms with van der Waals surface area (Å²) in [5.41, 5.74) is 3.18. The van der Waals surface area contributed by atoms with Crippen LogP contribution in [0.2, 0.25) is 0 Å². The Morgan fingerprint density at radius 3 is 2.70 bits per heavy atom. The van der Waals surface area contributed by atoms with Gasteiger partial charge in [-0.05, 0) is 18.6 Å². The van der Waals surface area contributed by atoms with Crippen LogP contribution in [0.1, 0.15) is 12.5 Å². The highest BCUT2D eigenvalue weighted by Crippen LogP contribution is 2.29. The number of nitrogen functional groups attached to an aromatic ring is 1. The third-order valence-electron chi connectivity index (χ3n) is 3.52. The molecule has 3 rings (SSSR count). The van der Waals surface area contributed by atoms with Crippen LogP contribution in [0, 0.1) is 0 Å². The van der Waals surface area contributed by atoms with Crippen molar-refractivity contribution in [1.82, 2.24) is 9.66 Å². The molecule has 20 heavy (non-hydrogen) atoms. The van der Waals surface area contributed by atoms with E-state index in [0.717, 1.165) is 27.6 Å². The molecular formula is C16H15N3O. The molecule has 0 saturated carbocycles. The van der Waals surface area contributed by atoms with Crippen LogP contribution in [-0.4, -0.2) is 9.66 Å². The summed E-state index contributed by atoms with van der Waals surface area (Å²) in [6.45, 7) is 1.96. The van der Waals surface area contributed by atoms with E-state index in [2.05, 4.69) is 4.98 Å². The average Bonchev–Trinajstić information content (AvgIpc) is 2.51. The number of aromatic nitrogens is 2. The third-order valence-corrected chi connectivity index (χ3v) is 3.52. The molecule has 1 aromatic carbocycles. The van der Waals surface area contributed by atoms with Gasteiger partial charge >= 0.3 is 0 Å². The molecule has 4 nitrogen and oxygen atoms in total. The molecule has 0 aliphatic heterocycles. The monoisotopic (exact) mass is 265 g/mol. The number of rotatable bonds is 2. The van der Waals surface area contributed by atoms with Crippen molar-refractivity contribution in [1.29, 1.82) is 0 Å². The molecular weight excluding hydrogens is 250 g/mol. The van der Waals surface area contributed by atoms with Gasteiger partial charge < -0.3 is 5.84 Å². The lowest BCUT2D eigenvalue weighted by atomic mass is 9.96. The fourth-order valence-corrected chi connectivity index (χ4v) is 2.59. The number of hydrogen-bond acceptors (Lipinski definition) is 3. The van der Waals surface area contributed by atoms with E-state index in [-0.39, 0.29) is 5.56 Å². The first-order valence-electron chi connectivity index (χ1n) is 6.56. The van der Waals surface area contributed by atoms with Crippen molar-refractivity contribution in [3.63, 3.8) is 0 Å². The molecule has 0 amide bonds. The number of fused-ring (bicyclic) bond motifs is 1. The van der Waals surface area contributed by atoms with Gasteiger partial charge in [-0.3, -0.25) is 9.78 Å². The minimum atomic E-state index is -0.148. The molecule has 0 fully saturated rings. The molecule has 0 saturated heterocycles. The number of nitrogens with zero attached hydrogens (tertiary/aromatic N) is 2. The van der Waals surface area contributed by atoms with Gasteiger partial charge in [0.15, 0.2) is 0 Å². The summed E-state index contributed by atoms with van der Waals surface area (Å²) in [6.07, 6.45) is 4.13. The van der Waals surface area contributed by atoms with E-state index in [9.17, 15) is 4.79 Å². The smallest absolute Gasteiger partial charge is 0.273 e. The number of hydrogen-bond donors (Lipinski definition) is 1. The van der Waals surface area contributed by atoms with Crippen molar-refractivity contribution < 1.29 is 0 Å². The van der Waals surface area contributed by atoms with Gasteiger partial charge in [0.25, 0.3) is 5.56 Å². The maximum absolute atomic E-state index is 12.4. The van der Waals surface area contributed by atoms with Crippen molar-refractivity contribution in [3.05, 3.63) is 64.7 Å². The van der Waals surface area contributed by atoms with Gasteiger partial charge in [0, 0.05) is 34.5 Å². The van der Waals surface area contributed by atoms with Gasteiger partial charge in [-0.15, -0.1) is 0 Å². The van der Waals surface area contributed by atoms with Crippen LogP contribution in [0.5, 0.6) is 0 Å². The Kier molecular flexibility index (Phi) is 2.99. The van der Waals surface area contributed by atoms with Gasteiger partial charge in [-0.25, -0.2) is 4.68 Å². The molecule has 0 atom stereocenters. The maximum atomic E-state index is 12.4. The Bertz CT molecular complexity index is 822.